The lowest BCUT2D eigenvalue weighted by molar-refractivity contribution is -0.127. The third-order valence-electron chi connectivity index (χ3n) is 4.80. The number of nitrogens with zero attached hydrogens (tertiary/aromatic N) is 1. The Labute approximate surface area is 124 Å². The van der Waals surface area contributed by atoms with Crippen molar-refractivity contribution >= 4 is 11.8 Å². The molecule has 1 heterocycles. The van der Waals surface area contributed by atoms with Crippen LogP contribution in [0, 0.1) is 5.92 Å². The van der Waals surface area contributed by atoms with Gasteiger partial charge in [0.2, 0.25) is 5.91 Å². The van der Waals surface area contributed by atoms with Gasteiger partial charge in [-0.3, -0.25) is 14.5 Å². The van der Waals surface area contributed by atoms with Crippen LogP contribution in [0.1, 0.15) is 59.7 Å². The van der Waals surface area contributed by atoms with Crippen molar-refractivity contribution in [2.75, 3.05) is 7.05 Å². The topological polar surface area (TPSA) is 57.6 Å². The van der Waals surface area contributed by atoms with E-state index < -0.39 is 6.10 Å². The van der Waals surface area contributed by atoms with Crippen LogP contribution in [-0.4, -0.2) is 28.9 Å². The highest BCUT2D eigenvalue weighted by Gasteiger charge is 2.29. The van der Waals surface area contributed by atoms with Crippen LogP contribution < -0.4 is 0 Å². The fraction of sp³-hybridized carbons (Fsp3) is 0.529. The number of carbonyl (C=O) groups excluding carboxylic acids is 2. The third kappa shape index (κ3) is 2.72. The van der Waals surface area contributed by atoms with E-state index in [-0.39, 0.29) is 18.2 Å². The van der Waals surface area contributed by atoms with Crippen molar-refractivity contribution < 1.29 is 14.7 Å². The highest BCUT2D eigenvalue weighted by molar-refractivity contribution is 6.09. The molecule has 0 saturated heterocycles. The van der Waals surface area contributed by atoms with Crippen molar-refractivity contribution in [1.82, 2.24) is 4.90 Å². The Morgan fingerprint density at radius 2 is 2.00 bits per heavy atom. The Balaban J connectivity index is 1.82. The largest absolute Gasteiger partial charge is 0.388 e. The number of benzene rings is 1. The van der Waals surface area contributed by atoms with Crippen molar-refractivity contribution in [3.8, 4) is 0 Å². The van der Waals surface area contributed by atoms with E-state index in [9.17, 15) is 14.7 Å². The van der Waals surface area contributed by atoms with Crippen LogP contribution in [0.25, 0.3) is 0 Å². The van der Waals surface area contributed by atoms with Gasteiger partial charge in [-0.15, -0.1) is 0 Å². The fourth-order valence-electron chi connectivity index (χ4n) is 3.43. The summed E-state index contributed by atoms with van der Waals surface area (Å²) in [6, 6.07) is 5.43. The van der Waals surface area contributed by atoms with Gasteiger partial charge >= 0.3 is 0 Å². The first-order chi connectivity index (χ1) is 10.1. The molecule has 1 aliphatic heterocycles. The van der Waals surface area contributed by atoms with Gasteiger partial charge in [-0.25, -0.2) is 0 Å². The van der Waals surface area contributed by atoms with E-state index in [0.717, 1.165) is 22.4 Å². The summed E-state index contributed by atoms with van der Waals surface area (Å²) in [6.45, 7) is 0. The molecular formula is C17H21NO3. The third-order valence-corrected chi connectivity index (χ3v) is 4.80. The molecule has 0 radical (unpaired) electrons. The summed E-state index contributed by atoms with van der Waals surface area (Å²) in [4.78, 5) is 25.0. The number of aliphatic hydroxyl groups is 1. The van der Waals surface area contributed by atoms with E-state index in [1.807, 2.05) is 12.1 Å². The summed E-state index contributed by atoms with van der Waals surface area (Å²) < 4.78 is 0. The van der Waals surface area contributed by atoms with E-state index in [2.05, 4.69) is 0 Å². The van der Waals surface area contributed by atoms with E-state index in [1.54, 1.807) is 6.07 Å². The maximum absolute atomic E-state index is 12.2. The molecule has 2 aliphatic rings. The van der Waals surface area contributed by atoms with Crippen molar-refractivity contribution in [3.05, 3.63) is 34.9 Å². The Hall–Kier alpha value is -1.68. The van der Waals surface area contributed by atoms with Gasteiger partial charge in [-0.1, -0.05) is 37.8 Å². The SMILES string of the molecule is CN1C(=O)Cc2ccc(C(O)CC3CCCC3)cc2C1=O. The molecule has 2 amide bonds. The summed E-state index contributed by atoms with van der Waals surface area (Å²) >= 11 is 0. The van der Waals surface area contributed by atoms with Gasteiger partial charge in [0.25, 0.3) is 5.91 Å². The van der Waals surface area contributed by atoms with Crippen LogP contribution in [0.4, 0.5) is 0 Å². The van der Waals surface area contributed by atoms with Gasteiger partial charge in [0, 0.05) is 12.6 Å². The standard InChI is InChI=1S/C17H21NO3/c1-18-16(20)10-12-6-7-13(9-14(12)17(18)21)15(19)8-11-4-2-3-5-11/h6-7,9,11,15,19H,2-5,8,10H2,1H3. The Morgan fingerprint density at radius 1 is 1.29 bits per heavy atom. The van der Waals surface area contributed by atoms with Crippen molar-refractivity contribution in [1.29, 1.82) is 0 Å². The number of fused-ring (bicyclic) bond motifs is 1. The molecule has 1 aromatic rings. The zero-order valence-corrected chi connectivity index (χ0v) is 12.3. The molecule has 1 fully saturated rings. The highest BCUT2D eigenvalue weighted by atomic mass is 16.3. The molecule has 3 rings (SSSR count). The Bertz CT molecular complexity index is 575. The van der Waals surface area contributed by atoms with Gasteiger partial charge in [-0.05, 0) is 29.5 Å². The monoisotopic (exact) mass is 287 g/mol. The fourth-order valence-corrected chi connectivity index (χ4v) is 3.43. The molecule has 0 spiro atoms. The second kappa shape index (κ2) is 5.60. The zero-order valence-electron chi connectivity index (χ0n) is 12.3. The lowest BCUT2D eigenvalue weighted by Crippen LogP contribution is -2.39. The molecule has 1 saturated carbocycles. The summed E-state index contributed by atoms with van der Waals surface area (Å²) in [6.07, 6.45) is 5.41. The smallest absolute Gasteiger partial charge is 0.260 e. The van der Waals surface area contributed by atoms with E-state index in [1.165, 1.54) is 32.7 Å². The van der Waals surface area contributed by atoms with Crippen LogP contribution in [0.5, 0.6) is 0 Å². The number of aliphatic hydroxyl groups excluding tert-OH is 1. The van der Waals surface area contributed by atoms with Crippen LogP contribution in [0.3, 0.4) is 0 Å². The molecule has 4 nitrogen and oxygen atoms in total. The Kier molecular flexibility index (Phi) is 3.81. The lowest BCUT2D eigenvalue weighted by Gasteiger charge is -2.24. The van der Waals surface area contributed by atoms with Crippen LogP contribution in [-0.2, 0) is 11.2 Å². The van der Waals surface area contributed by atoms with Crippen molar-refractivity contribution in [2.45, 2.75) is 44.6 Å². The summed E-state index contributed by atoms with van der Waals surface area (Å²) in [5.74, 6) is 0.152. The minimum atomic E-state index is -0.519. The van der Waals surface area contributed by atoms with Crippen LogP contribution in [0.2, 0.25) is 0 Å². The van der Waals surface area contributed by atoms with Gasteiger partial charge in [0.1, 0.15) is 0 Å². The van der Waals surface area contributed by atoms with E-state index in [0.29, 0.717) is 11.5 Å². The molecule has 112 valence electrons. The lowest BCUT2D eigenvalue weighted by atomic mass is 9.91. The molecule has 1 unspecified atom stereocenters. The van der Waals surface area contributed by atoms with Gasteiger partial charge < -0.3 is 5.11 Å². The minimum absolute atomic E-state index is 0.174. The summed E-state index contributed by atoms with van der Waals surface area (Å²) in [7, 11) is 1.51. The second-order valence-corrected chi connectivity index (χ2v) is 6.25. The number of likely N-dealkylation sites (N-methyl/N-ethyl adjacent to an activating group) is 1. The normalized spacial score (nSPS) is 20.8. The predicted molar refractivity (Wildman–Crippen MR) is 78.8 cm³/mol. The van der Waals surface area contributed by atoms with Gasteiger partial charge in [-0.2, -0.15) is 0 Å². The quantitative estimate of drug-likeness (QED) is 0.869. The van der Waals surface area contributed by atoms with Crippen molar-refractivity contribution in [3.63, 3.8) is 0 Å². The molecule has 1 aromatic carbocycles. The second-order valence-electron chi connectivity index (χ2n) is 6.25. The molecule has 1 atom stereocenters. The number of carbonyl (C=O) groups is 2. The first-order valence-electron chi connectivity index (χ1n) is 7.68. The molecule has 0 bridgehead atoms. The molecule has 21 heavy (non-hydrogen) atoms. The molecule has 1 N–H and O–H groups in total. The van der Waals surface area contributed by atoms with Gasteiger partial charge in [0.15, 0.2) is 0 Å². The number of hydrogen-bond acceptors (Lipinski definition) is 3. The van der Waals surface area contributed by atoms with Crippen molar-refractivity contribution in [2.24, 2.45) is 5.92 Å². The Morgan fingerprint density at radius 3 is 2.71 bits per heavy atom. The van der Waals surface area contributed by atoms with E-state index >= 15 is 0 Å². The predicted octanol–water partition coefficient (Wildman–Crippen LogP) is 2.46. The number of rotatable bonds is 3. The average molecular weight is 287 g/mol. The van der Waals surface area contributed by atoms with E-state index in [4.69, 9.17) is 0 Å². The van der Waals surface area contributed by atoms with Crippen LogP contribution in [0.15, 0.2) is 18.2 Å². The number of amides is 2. The van der Waals surface area contributed by atoms with Crippen LogP contribution >= 0.6 is 0 Å². The molecule has 0 aromatic heterocycles. The minimum Gasteiger partial charge on any atom is -0.388 e. The molecule has 4 heteroatoms. The molecule has 1 aliphatic carbocycles. The summed E-state index contributed by atoms with van der Waals surface area (Å²) in [5, 5.41) is 10.4. The number of imide groups is 1. The first kappa shape index (κ1) is 14.3. The average Bonchev–Trinajstić information content (AvgIpc) is 2.97. The number of hydrogen-bond donors (Lipinski definition) is 1. The van der Waals surface area contributed by atoms with Gasteiger partial charge in [0.05, 0.1) is 12.5 Å². The highest BCUT2D eigenvalue weighted by Crippen LogP contribution is 2.33. The maximum Gasteiger partial charge on any atom is 0.260 e. The zero-order chi connectivity index (χ0) is 15.0. The summed E-state index contributed by atoms with van der Waals surface area (Å²) in [5.41, 5.74) is 2.11. The first-order valence-corrected chi connectivity index (χ1v) is 7.68. The molecular weight excluding hydrogens is 266 g/mol. The maximum atomic E-state index is 12.2.